The first-order chi connectivity index (χ1) is 15.7. The van der Waals surface area contributed by atoms with E-state index in [-0.39, 0.29) is 0 Å². The largest absolute Gasteiger partial charge is 0.326 e. The second-order valence-corrected chi connectivity index (χ2v) is 10.3. The molecule has 0 amide bonds. The Balaban J connectivity index is 1.34. The molecule has 1 aromatic heterocycles. The smallest absolute Gasteiger partial charge is 0.0725 e. The number of nitrogens with zero attached hydrogens (tertiary/aromatic N) is 2. The van der Waals surface area contributed by atoms with Crippen LogP contribution in [0.3, 0.4) is 0 Å². The van der Waals surface area contributed by atoms with E-state index < -0.39 is 0 Å². The van der Waals surface area contributed by atoms with Gasteiger partial charge in [0.2, 0.25) is 0 Å². The molecule has 4 aromatic rings. The highest BCUT2D eigenvalue weighted by atomic mass is 35.5. The molecule has 3 aromatic carbocycles. The molecule has 1 saturated heterocycles. The maximum absolute atomic E-state index is 6.59. The highest BCUT2D eigenvalue weighted by molar-refractivity contribution is 8.01. The van der Waals surface area contributed by atoms with Gasteiger partial charge in [0, 0.05) is 39.5 Å². The van der Waals surface area contributed by atoms with Crippen molar-refractivity contribution in [2.75, 3.05) is 21.3 Å². The Morgan fingerprint density at radius 3 is 2.66 bits per heavy atom. The number of para-hydroxylation sites is 1. The second-order valence-electron chi connectivity index (χ2n) is 7.55. The van der Waals surface area contributed by atoms with Crippen molar-refractivity contribution >= 4 is 69.4 Å². The van der Waals surface area contributed by atoms with Crippen LogP contribution in [0.4, 0.5) is 11.4 Å². The quantitative estimate of drug-likeness (QED) is 0.278. The van der Waals surface area contributed by atoms with Crippen LogP contribution in [0.2, 0.25) is 10.0 Å². The number of anilines is 2. The first-order valence-electron chi connectivity index (χ1n) is 10.5. The summed E-state index contributed by atoms with van der Waals surface area (Å²) < 4.78 is 5.73. The van der Waals surface area contributed by atoms with E-state index in [0.717, 1.165) is 44.3 Å². The number of benzene rings is 3. The zero-order valence-corrected chi connectivity index (χ0v) is 20.4. The van der Waals surface area contributed by atoms with Crippen LogP contribution in [0.15, 0.2) is 77.7 Å². The van der Waals surface area contributed by atoms with Crippen molar-refractivity contribution in [1.82, 2.24) is 4.98 Å². The number of aromatic nitrogens is 1. The van der Waals surface area contributed by atoms with Crippen molar-refractivity contribution in [3.8, 4) is 11.3 Å². The summed E-state index contributed by atoms with van der Waals surface area (Å²) >= 11 is 16.5. The van der Waals surface area contributed by atoms with E-state index in [2.05, 4.69) is 39.4 Å². The molecule has 0 saturated carbocycles. The van der Waals surface area contributed by atoms with Gasteiger partial charge in [-0.25, -0.2) is 4.98 Å². The fourth-order valence-electron chi connectivity index (χ4n) is 3.64. The van der Waals surface area contributed by atoms with Gasteiger partial charge in [-0.15, -0.1) is 0 Å². The van der Waals surface area contributed by atoms with Gasteiger partial charge < -0.3 is 9.03 Å². The zero-order valence-electron chi connectivity index (χ0n) is 17.2. The molecule has 32 heavy (non-hydrogen) atoms. The molecule has 5 rings (SSSR count). The average Bonchev–Trinajstić information content (AvgIpc) is 2.84. The zero-order chi connectivity index (χ0) is 21.9. The number of fused-ring (bicyclic) bond motifs is 1. The highest BCUT2D eigenvalue weighted by Crippen LogP contribution is 2.36. The Labute approximate surface area is 206 Å². The third kappa shape index (κ3) is 4.81. The van der Waals surface area contributed by atoms with Crippen molar-refractivity contribution in [3.05, 3.63) is 82.8 Å². The van der Waals surface area contributed by atoms with Crippen molar-refractivity contribution in [1.29, 1.82) is 0 Å². The van der Waals surface area contributed by atoms with E-state index in [1.807, 2.05) is 54.4 Å². The summed E-state index contributed by atoms with van der Waals surface area (Å²) in [6.45, 7) is 1.07. The lowest BCUT2D eigenvalue weighted by Gasteiger charge is -2.27. The van der Waals surface area contributed by atoms with Crippen LogP contribution in [0, 0.1) is 0 Å². The molecule has 0 atom stereocenters. The molecule has 1 N–H and O–H groups in total. The first-order valence-corrected chi connectivity index (χ1v) is 13.0. The Kier molecular flexibility index (Phi) is 6.69. The molecule has 0 aliphatic carbocycles. The minimum absolute atomic E-state index is 0.671. The molecule has 2 heterocycles. The monoisotopic (exact) mass is 497 g/mol. The molecule has 1 aliphatic heterocycles. The lowest BCUT2D eigenvalue weighted by molar-refractivity contribution is 0.791. The van der Waals surface area contributed by atoms with E-state index in [1.165, 1.54) is 36.2 Å². The van der Waals surface area contributed by atoms with Gasteiger partial charge in [0.05, 0.1) is 21.3 Å². The summed E-state index contributed by atoms with van der Waals surface area (Å²) in [4.78, 5) is 5.77. The third-order valence-electron chi connectivity index (χ3n) is 5.33. The van der Waals surface area contributed by atoms with E-state index in [9.17, 15) is 0 Å². The molecule has 7 heteroatoms. The fraction of sp³-hybridized carbons (Fsp3) is 0.160. The molecule has 0 radical (unpaired) electrons. The summed E-state index contributed by atoms with van der Waals surface area (Å²) in [6.07, 6.45) is 2.51. The van der Waals surface area contributed by atoms with Crippen LogP contribution in [0.25, 0.3) is 22.2 Å². The Hall–Kier alpha value is -2.05. The molecule has 162 valence electrons. The maximum Gasteiger partial charge on any atom is 0.0725 e. The van der Waals surface area contributed by atoms with Crippen LogP contribution in [-0.2, 0) is 0 Å². The lowest BCUT2D eigenvalue weighted by atomic mass is 10.1. The van der Waals surface area contributed by atoms with Gasteiger partial charge in [0.25, 0.3) is 0 Å². The fourth-order valence-corrected chi connectivity index (χ4v) is 5.87. The molecular formula is C25H21Cl2N3S2. The van der Waals surface area contributed by atoms with Crippen LogP contribution >= 0.6 is 47.1 Å². The number of hydrogen-bond donors (Lipinski definition) is 1. The SMILES string of the molecule is Clc1cc(N2CCCCS2)ccc1SNc1ccc(Cl)c(-c2ccc3ccccc3n2)c1. The molecule has 1 fully saturated rings. The van der Waals surface area contributed by atoms with Gasteiger partial charge in [0.1, 0.15) is 0 Å². The summed E-state index contributed by atoms with van der Waals surface area (Å²) in [5, 5.41) is 2.53. The number of hydrogen-bond acceptors (Lipinski definition) is 5. The number of pyridine rings is 1. The van der Waals surface area contributed by atoms with Gasteiger partial charge in [-0.05, 0) is 85.3 Å². The van der Waals surface area contributed by atoms with Gasteiger partial charge >= 0.3 is 0 Å². The van der Waals surface area contributed by atoms with E-state index in [4.69, 9.17) is 28.2 Å². The Morgan fingerprint density at radius 2 is 1.81 bits per heavy atom. The molecule has 3 nitrogen and oxygen atoms in total. The average molecular weight is 499 g/mol. The predicted octanol–water partition coefficient (Wildman–Crippen LogP) is 8.58. The van der Waals surface area contributed by atoms with Crippen molar-refractivity contribution < 1.29 is 0 Å². The molecular weight excluding hydrogens is 477 g/mol. The van der Waals surface area contributed by atoms with Crippen LogP contribution in [0.5, 0.6) is 0 Å². The minimum atomic E-state index is 0.671. The van der Waals surface area contributed by atoms with E-state index in [1.54, 1.807) is 0 Å². The minimum Gasteiger partial charge on any atom is -0.326 e. The normalized spacial score (nSPS) is 14.0. The van der Waals surface area contributed by atoms with Crippen LogP contribution < -0.4 is 9.03 Å². The third-order valence-corrected chi connectivity index (χ3v) is 8.17. The molecule has 0 unspecified atom stereocenters. The standard InChI is InChI=1S/C25H21Cl2N3S2/c26-21-10-8-18(15-20(21)24-11-7-17-5-1-2-6-23(17)28-24)29-32-25-12-9-19(16-22(25)27)30-13-3-4-14-31-30/h1-2,5-12,15-16,29H,3-4,13-14H2. The van der Waals surface area contributed by atoms with Gasteiger partial charge in [-0.2, -0.15) is 0 Å². The highest BCUT2D eigenvalue weighted by Gasteiger charge is 2.14. The lowest BCUT2D eigenvalue weighted by Crippen LogP contribution is -2.20. The van der Waals surface area contributed by atoms with Crippen molar-refractivity contribution in [2.45, 2.75) is 17.7 Å². The summed E-state index contributed by atoms with van der Waals surface area (Å²) in [5.41, 5.74) is 4.80. The molecule has 0 bridgehead atoms. The Bertz CT molecular complexity index is 1260. The number of halogens is 2. The first kappa shape index (κ1) is 21.8. The van der Waals surface area contributed by atoms with Crippen LogP contribution in [0.1, 0.15) is 12.8 Å². The summed E-state index contributed by atoms with van der Waals surface area (Å²) in [5.74, 6) is 1.17. The van der Waals surface area contributed by atoms with Crippen molar-refractivity contribution in [3.63, 3.8) is 0 Å². The summed E-state index contributed by atoms with van der Waals surface area (Å²) in [6, 6.07) is 24.3. The number of nitrogens with one attached hydrogen (secondary N) is 1. The van der Waals surface area contributed by atoms with Crippen molar-refractivity contribution in [2.24, 2.45) is 0 Å². The number of rotatable bonds is 5. The Morgan fingerprint density at radius 1 is 0.906 bits per heavy atom. The van der Waals surface area contributed by atoms with E-state index >= 15 is 0 Å². The maximum atomic E-state index is 6.59. The predicted molar refractivity (Wildman–Crippen MR) is 142 cm³/mol. The van der Waals surface area contributed by atoms with Gasteiger partial charge in [-0.3, -0.25) is 0 Å². The van der Waals surface area contributed by atoms with Crippen LogP contribution in [-0.4, -0.2) is 17.3 Å². The second kappa shape index (κ2) is 9.84. The topological polar surface area (TPSA) is 28.2 Å². The molecule has 1 aliphatic rings. The summed E-state index contributed by atoms with van der Waals surface area (Å²) in [7, 11) is 0. The molecule has 0 spiro atoms. The van der Waals surface area contributed by atoms with E-state index in [0.29, 0.717) is 5.02 Å². The van der Waals surface area contributed by atoms with Gasteiger partial charge in [0.15, 0.2) is 0 Å². The van der Waals surface area contributed by atoms with Gasteiger partial charge in [-0.1, -0.05) is 47.5 Å².